The lowest BCUT2D eigenvalue weighted by molar-refractivity contribution is -0.137. The Morgan fingerprint density at radius 3 is 2.38 bits per heavy atom. The Balaban J connectivity index is 2.43. The Labute approximate surface area is 93.6 Å². The van der Waals surface area contributed by atoms with Gasteiger partial charge in [0, 0.05) is 26.2 Å². The van der Waals surface area contributed by atoms with Crippen LogP contribution in [0, 0.1) is 0 Å². The molecule has 1 aliphatic heterocycles. The van der Waals surface area contributed by atoms with Gasteiger partial charge in [-0.1, -0.05) is 0 Å². The molecule has 8 heteroatoms. The van der Waals surface area contributed by atoms with Gasteiger partial charge in [-0.15, -0.1) is 0 Å². The van der Waals surface area contributed by atoms with Crippen LogP contribution in [-0.2, 0) is 9.36 Å². The third-order valence-corrected chi connectivity index (χ3v) is 3.91. The number of nitrogens with one attached hydrogen (secondary N) is 1. The van der Waals surface area contributed by atoms with E-state index in [0.717, 1.165) is 26.2 Å². The van der Waals surface area contributed by atoms with Crippen molar-refractivity contribution in [2.24, 2.45) is 0 Å². The fourth-order valence-electron chi connectivity index (χ4n) is 1.68. The molecule has 0 radical (unpaired) electrons. The van der Waals surface area contributed by atoms with Crippen molar-refractivity contribution in [2.75, 3.05) is 32.7 Å². The zero-order valence-electron chi connectivity index (χ0n) is 8.87. The van der Waals surface area contributed by atoms with Gasteiger partial charge < -0.3 is 25.1 Å². The molecule has 0 aromatic carbocycles. The summed E-state index contributed by atoms with van der Waals surface area (Å²) in [4.78, 5) is 30.5. The minimum atomic E-state index is -4.54. The van der Waals surface area contributed by atoms with Crippen molar-refractivity contribution in [1.29, 1.82) is 0 Å². The molecule has 4 N–H and O–H groups in total. The molecule has 1 unspecified atom stereocenters. The van der Waals surface area contributed by atoms with E-state index in [4.69, 9.17) is 14.9 Å². The largest absolute Gasteiger partial charge is 0.481 e. The van der Waals surface area contributed by atoms with Gasteiger partial charge in [-0.25, -0.2) is 0 Å². The predicted molar refractivity (Wildman–Crippen MR) is 57.4 cm³/mol. The summed E-state index contributed by atoms with van der Waals surface area (Å²) >= 11 is 0. The topological polar surface area (TPSA) is 110 Å². The van der Waals surface area contributed by atoms with E-state index >= 15 is 0 Å². The molecule has 1 atom stereocenters. The van der Waals surface area contributed by atoms with Gasteiger partial charge in [0.15, 0.2) is 5.66 Å². The Hall–Kier alpha value is -0.460. The normalized spacial score (nSPS) is 20.6. The van der Waals surface area contributed by atoms with Gasteiger partial charge in [-0.05, 0) is 13.0 Å². The van der Waals surface area contributed by atoms with Crippen LogP contribution in [0.15, 0.2) is 0 Å². The lowest BCUT2D eigenvalue weighted by Gasteiger charge is -2.28. The predicted octanol–water partition coefficient (Wildman–Crippen LogP) is -1.09. The van der Waals surface area contributed by atoms with Crippen LogP contribution in [0.3, 0.4) is 0 Å². The van der Waals surface area contributed by atoms with E-state index < -0.39 is 19.2 Å². The van der Waals surface area contributed by atoms with E-state index in [0.29, 0.717) is 6.54 Å². The van der Waals surface area contributed by atoms with Crippen molar-refractivity contribution in [3.05, 3.63) is 0 Å². The number of aliphatic carboxylic acids is 1. The molecule has 1 aliphatic rings. The van der Waals surface area contributed by atoms with Crippen LogP contribution >= 0.6 is 7.60 Å². The van der Waals surface area contributed by atoms with Gasteiger partial charge in [-0.2, -0.15) is 0 Å². The average molecular weight is 252 g/mol. The second-order valence-corrected chi connectivity index (χ2v) is 5.62. The maximum Gasteiger partial charge on any atom is 0.339 e. The van der Waals surface area contributed by atoms with Crippen molar-refractivity contribution in [2.45, 2.75) is 12.1 Å². The highest BCUT2D eigenvalue weighted by molar-refractivity contribution is 7.53. The van der Waals surface area contributed by atoms with E-state index in [1.165, 1.54) is 0 Å². The molecule has 0 saturated carbocycles. The van der Waals surface area contributed by atoms with Crippen LogP contribution < -0.4 is 5.32 Å². The number of carbonyl (C=O) groups is 1. The summed E-state index contributed by atoms with van der Waals surface area (Å²) in [5.41, 5.74) is -1.58. The number of carboxylic acid groups (broad SMARTS) is 1. The molecule has 0 aromatic heterocycles. The van der Waals surface area contributed by atoms with E-state index in [1.807, 2.05) is 4.90 Å². The number of nitrogens with zero attached hydrogens (tertiary/aromatic N) is 1. The van der Waals surface area contributed by atoms with Gasteiger partial charge in [0.2, 0.25) is 0 Å². The summed E-state index contributed by atoms with van der Waals surface area (Å²) in [6.45, 7) is 3.63. The van der Waals surface area contributed by atoms with Gasteiger partial charge >= 0.3 is 13.6 Å². The van der Waals surface area contributed by atoms with Crippen LogP contribution in [0.25, 0.3) is 0 Å². The quantitative estimate of drug-likeness (QED) is 0.460. The molecule has 7 nitrogen and oxygen atoms in total. The zero-order chi connectivity index (χ0) is 12.2. The fraction of sp³-hybridized carbons (Fsp3) is 0.875. The monoisotopic (exact) mass is 252 g/mol. The van der Waals surface area contributed by atoms with Crippen molar-refractivity contribution >= 4 is 13.6 Å². The van der Waals surface area contributed by atoms with Crippen molar-refractivity contribution in [1.82, 2.24) is 10.2 Å². The summed E-state index contributed by atoms with van der Waals surface area (Å²) in [7, 11) is -4.54. The van der Waals surface area contributed by atoms with E-state index in [-0.39, 0.29) is 6.42 Å². The van der Waals surface area contributed by atoms with E-state index in [9.17, 15) is 9.36 Å². The van der Waals surface area contributed by atoms with Gasteiger partial charge in [0.05, 0.1) is 0 Å². The molecule has 0 aliphatic carbocycles. The van der Waals surface area contributed by atoms with Gasteiger partial charge in [0.1, 0.15) is 0 Å². The second kappa shape index (κ2) is 5.75. The number of rotatable bonds is 5. The highest BCUT2D eigenvalue weighted by Crippen LogP contribution is 2.43. The molecule has 16 heavy (non-hydrogen) atoms. The lowest BCUT2D eigenvalue weighted by Crippen LogP contribution is -2.44. The first-order valence-corrected chi connectivity index (χ1v) is 6.80. The summed E-state index contributed by atoms with van der Waals surface area (Å²) in [6, 6.07) is 0. The second-order valence-electron chi connectivity index (χ2n) is 3.82. The van der Waals surface area contributed by atoms with Gasteiger partial charge in [0.25, 0.3) is 0 Å². The summed E-state index contributed by atoms with van der Waals surface area (Å²) < 4.78 is 10.9. The van der Waals surface area contributed by atoms with Crippen molar-refractivity contribution in [3.8, 4) is 0 Å². The molecule has 0 spiro atoms. The van der Waals surface area contributed by atoms with Crippen LogP contribution in [0.4, 0.5) is 0 Å². The number of hydrogen-bond donors (Lipinski definition) is 4. The molecule has 0 bridgehead atoms. The number of piperazine rings is 1. The molecule has 1 rings (SSSR count). The van der Waals surface area contributed by atoms with Crippen LogP contribution in [0.5, 0.6) is 0 Å². The standard InChI is InChI=1S/C8H17N2O5P/c11-8(12)7(16(13,14)15)1-4-10-5-2-9-3-6-10/h7,9H,1-6H2,(H,11,12)(H2,13,14,15). The van der Waals surface area contributed by atoms with Crippen molar-refractivity contribution < 1.29 is 24.3 Å². The molecule has 1 fully saturated rings. The third-order valence-electron chi connectivity index (χ3n) is 2.62. The number of hydrogen-bond acceptors (Lipinski definition) is 4. The zero-order valence-corrected chi connectivity index (χ0v) is 9.77. The fourth-order valence-corrected chi connectivity index (χ4v) is 2.41. The average Bonchev–Trinajstić information content (AvgIpc) is 2.17. The molecule has 0 amide bonds. The van der Waals surface area contributed by atoms with Crippen LogP contribution in [0.2, 0.25) is 0 Å². The SMILES string of the molecule is O=C(O)C(CCN1CCNCC1)P(=O)(O)O. The van der Waals surface area contributed by atoms with Gasteiger partial charge in [-0.3, -0.25) is 9.36 Å². The molecule has 1 saturated heterocycles. The first kappa shape index (κ1) is 13.6. The van der Waals surface area contributed by atoms with Crippen molar-refractivity contribution in [3.63, 3.8) is 0 Å². The minimum Gasteiger partial charge on any atom is -0.481 e. The Bertz CT molecular complexity index is 286. The Morgan fingerprint density at radius 2 is 1.94 bits per heavy atom. The maximum absolute atomic E-state index is 10.9. The molecule has 0 aromatic rings. The summed E-state index contributed by atoms with van der Waals surface area (Å²) in [6.07, 6.45) is -0.0143. The third kappa shape index (κ3) is 4.19. The molecular formula is C8H17N2O5P. The van der Waals surface area contributed by atoms with Crippen LogP contribution in [0.1, 0.15) is 6.42 Å². The summed E-state index contributed by atoms with van der Waals surface area (Å²) in [5.74, 6) is -1.43. The highest BCUT2D eigenvalue weighted by atomic mass is 31.2. The number of carboxylic acids is 1. The highest BCUT2D eigenvalue weighted by Gasteiger charge is 2.35. The smallest absolute Gasteiger partial charge is 0.339 e. The van der Waals surface area contributed by atoms with Crippen LogP contribution in [-0.4, -0.2) is 64.1 Å². The minimum absolute atomic E-state index is 0.0143. The Kier molecular flexibility index (Phi) is 4.89. The molecule has 94 valence electrons. The molecule has 1 heterocycles. The van der Waals surface area contributed by atoms with E-state index in [2.05, 4.69) is 5.32 Å². The lowest BCUT2D eigenvalue weighted by atomic mass is 10.2. The first-order chi connectivity index (χ1) is 7.41. The maximum atomic E-state index is 10.9. The summed E-state index contributed by atoms with van der Waals surface area (Å²) in [5, 5.41) is 11.9. The van der Waals surface area contributed by atoms with E-state index in [1.54, 1.807) is 0 Å². The first-order valence-electron chi connectivity index (χ1n) is 5.12. The molecular weight excluding hydrogens is 235 g/mol. The Morgan fingerprint density at radius 1 is 1.38 bits per heavy atom.